The number of carbonyl (C=O) groups excluding carboxylic acids is 1. The zero-order valence-corrected chi connectivity index (χ0v) is 11.8. The molecule has 1 aromatic heterocycles. The summed E-state index contributed by atoms with van der Waals surface area (Å²) in [4.78, 5) is 32.3. The molecule has 3 rings (SSSR count). The van der Waals surface area contributed by atoms with Gasteiger partial charge >= 0.3 is 12.0 Å². The molecule has 21 heavy (non-hydrogen) atoms. The number of hydrogen-bond acceptors (Lipinski definition) is 3. The first-order valence-electron chi connectivity index (χ1n) is 7.43. The Kier molecular flexibility index (Phi) is 3.81. The highest BCUT2D eigenvalue weighted by atomic mass is 16.4. The van der Waals surface area contributed by atoms with Gasteiger partial charge in [0.25, 0.3) is 0 Å². The molecule has 1 saturated heterocycles. The van der Waals surface area contributed by atoms with E-state index in [1.165, 1.54) is 0 Å². The number of nitrogens with one attached hydrogen (secondary N) is 2. The van der Waals surface area contributed by atoms with Crippen LogP contribution in [0.5, 0.6) is 0 Å². The maximum atomic E-state index is 12.3. The van der Waals surface area contributed by atoms with Crippen LogP contribution in [0.4, 0.5) is 4.79 Å². The smallest absolute Gasteiger partial charge is 0.317 e. The van der Waals surface area contributed by atoms with Crippen molar-refractivity contribution in [3.05, 3.63) is 17.7 Å². The number of aryl methyl sites for hydroxylation is 1. The highest BCUT2D eigenvalue weighted by Gasteiger charge is 2.30. The lowest BCUT2D eigenvalue weighted by atomic mass is 9.96. The molecule has 2 aliphatic rings. The Morgan fingerprint density at radius 2 is 2.29 bits per heavy atom. The van der Waals surface area contributed by atoms with Gasteiger partial charge in [-0.25, -0.2) is 9.78 Å². The Balaban J connectivity index is 1.56. The summed E-state index contributed by atoms with van der Waals surface area (Å²) in [6.07, 6.45) is 5.59. The van der Waals surface area contributed by atoms with Crippen molar-refractivity contribution in [2.45, 2.75) is 38.1 Å². The first-order valence-corrected chi connectivity index (χ1v) is 7.43. The van der Waals surface area contributed by atoms with E-state index in [2.05, 4.69) is 15.3 Å². The Bertz CT molecular complexity index is 542. The third-order valence-electron chi connectivity index (χ3n) is 4.37. The zero-order chi connectivity index (χ0) is 14.8. The van der Waals surface area contributed by atoms with Gasteiger partial charge in [-0.05, 0) is 25.7 Å². The molecule has 2 amide bonds. The predicted molar refractivity (Wildman–Crippen MR) is 74.9 cm³/mol. The highest BCUT2D eigenvalue weighted by molar-refractivity contribution is 5.76. The number of carbonyl (C=O) groups is 2. The molecule has 114 valence electrons. The largest absolute Gasteiger partial charge is 0.481 e. The Morgan fingerprint density at radius 3 is 3.10 bits per heavy atom. The number of amides is 2. The van der Waals surface area contributed by atoms with Gasteiger partial charge < -0.3 is 20.3 Å². The third-order valence-corrected chi connectivity index (χ3v) is 4.37. The second-order valence-corrected chi connectivity index (χ2v) is 5.84. The van der Waals surface area contributed by atoms with Crippen LogP contribution in [0.15, 0.2) is 6.33 Å². The highest BCUT2D eigenvalue weighted by Crippen LogP contribution is 2.20. The number of aromatic amines is 1. The number of aliphatic carboxylic acids is 1. The van der Waals surface area contributed by atoms with E-state index in [0.29, 0.717) is 19.5 Å². The monoisotopic (exact) mass is 292 g/mol. The summed E-state index contributed by atoms with van der Waals surface area (Å²) in [5.41, 5.74) is 2.18. The topological polar surface area (TPSA) is 98.3 Å². The standard InChI is InChI=1S/C14H20N4O3/c19-13(20)9-2-1-5-18(7-9)14(21)17-10-3-4-11-12(6-10)16-8-15-11/h8-10H,1-7H2,(H,15,16)(H,17,21)(H,19,20)/t9-,10?/m0/s1. The fourth-order valence-electron chi connectivity index (χ4n) is 3.15. The van der Waals surface area contributed by atoms with Crippen molar-refractivity contribution >= 4 is 12.0 Å². The summed E-state index contributed by atoms with van der Waals surface area (Å²) in [5, 5.41) is 12.1. The summed E-state index contributed by atoms with van der Waals surface area (Å²) in [6.45, 7) is 0.945. The van der Waals surface area contributed by atoms with Gasteiger partial charge in [0.1, 0.15) is 0 Å². The molecule has 1 unspecified atom stereocenters. The number of imidazole rings is 1. The molecular weight excluding hydrogens is 272 g/mol. The summed E-state index contributed by atoms with van der Waals surface area (Å²) in [6, 6.07) is -0.0513. The number of nitrogens with zero attached hydrogens (tertiary/aromatic N) is 2. The summed E-state index contributed by atoms with van der Waals surface area (Å²) < 4.78 is 0. The Hall–Kier alpha value is -2.05. The number of aromatic nitrogens is 2. The fraction of sp³-hybridized carbons (Fsp3) is 0.643. The van der Waals surface area contributed by atoms with Crippen LogP contribution in [0.1, 0.15) is 30.7 Å². The van der Waals surface area contributed by atoms with Crippen LogP contribution in [0.3, 0.4) is 0 Å². The Labute approximate surface area is 122 Å². The first-order chi connectivity index (χ1) is 10.1. The fourth-order valence-corrected chi connectivity index (χ4v) is 3.15. The van der Waals surface area contributed by atoms with Gasteiger partial charge in [-0.15, -0.1) is 0 Å². The summed E-state index contributed by atoms with van der Waals surface area (Å²) in [5.74, 6) is -1.25. The molecule has 7 nitrogen and oxygen atoms in total. The number of piperidine rings is 1. The van der Waals surface area contributed by atoms with Crippen LogP contribution in [-0.2, 0) is 17.6 Å². The van der Waals surface area contributed by atoms with Crippen LogP contribution in [0.25, 0.3) is 0 Å². The molecule has 1 aliphatic heterocycles. The van der Waals surface area contributed by atoms with Crippen molar-refractivity contribution in [3.63, 3.8) is 0 Å². The molecule has 7 heteroatoms. The van der Waals surface area contributed by atoms with Crippen molar-refractivity contribution in [2.75, 3.05) is 13.1 Å². The number of hydrogen-bond donors (Lipinski definition) is 3. The van der Waals surface area contributed by atoms with E-state index in [0.717, 1.165) is 37.1 Å². The molecule has 0 saturated carbocycles. The molecule has 0 aromatic carbocycles. The van der Waals surface area contributed by atoms with Gasteiger partial charge in [-0.1, -0.05) is 0 Å². The van der Waals surface area contributed by atoms with Crippen LogP contribution < -0.4 is 5.32 Å². The lowest BCUT2D eigenvalue weighted by molar-refractivity contribution is -0.143. The Morgan fingerprint density at radius 1 is 1.43 bits per heavy atom. The normalized spacial score (nSPS) is 25.2. The van der Waals surface area contributed by atoms with E-state index >= 15 is 0 Å². The number of H-pyrrole nitrogens is 1. The molecular formula is C14H20N4O3. The van der Waals surface area contributed by atoms with E-state index in [9.17, 15) is 9.59 Å². The summed E-state index contributed by atoms with van der Waals surface area (Å²) >= 11 is 0. The maximum Gasteiger partial charge on any atom is 0.317 e. The molecule has 0 radical (unpaired) electrons. The molecule has 0 spiro atoms. The average molecular weight is 292 g/mol. The van der Waals surface area contributed by atoms with Crippen LogP contribution >= 0.6 is 0 Å². The van der Waals surface area contributed by atoms with Gasteiger partial charge in [0.15, 0.2) is 0 Å². The second kappa shape index (κ2) is 5.75. The first kappa shape index (κ1) is 13.9. The lowest BCUT2D eigenvalue weighted by Crippen LogP contribution is -2.50. The van der Waals surface area contributed by atoms with Gasteiger partial charge in [-0.3, -0.25) is 4.79 Å². The van der Waals surface area contributed by atoms with Crippen molar-refractivity contribution in [3.8, 4) is 0 Å². The van der Waals surface area contributed by atoms with Crippen molar-refractivity contribution in [1.82, 2.24) is 20.2 Å². The van der Waals surface area contributed by atoms with E-state index in [1.807, 2.05) is 0 Å². The van der Waals surface area contributed by atoms with Gasteiger partial charge in [0.05, 0.1) is 17.9 Å². The van der Waals surface area contributed by atoms with Gasteiger partial charge in [-0.2, -0.15) is 0 Å². The minimum atomic E-state index is -0.813. The average Bonchev–Trinajstić information content (AvgIpc) is 2.95. The number of carboxylic acids is 1. The molecule has 2 heterocycles. The number of fused-ring (bicyclic) bond motifs is 1. The zero-order valence-electron chi connectivity index (χ0n) is 11.8. The molecule has 1 aliphatic carbocycles. The number of carboxylic acid groups (broad SMARTS) is 1. The van der Waals surface area contributed by atoms with Crippen LogP contribution in [-0.4, -0.2) is 51.1 Å². The number of rotatable bonds is 2. The van der Waals surface area contributed by atoms with Gasteiger partial charge in [0, 0.05) is 31.2 Å². The molecule has 3 N–H and O–H groups in total. The van der Waals surface area contributed by atoms with Crippen molar-refractivity contribution < 1.29 is 14.7 Å². The third kappa shape index (κ3) is 3.01. The molecule has 2 atom stereocenters. The number of likely N-dealkylation sites (tertiary alicyclic amines) is 1. The van der Waals surface area contributed by atoms with E-state index in [4.69, 9.17) is 5.11 Å². The van der Waals surface area contributed by atoms with Crippen LogP contribution in [0.2, 0.25) is 0 Å². The SMILES string of the molecule is O=C(O)[C@H]1CCCN(C(=O)NC2CCc3nc[nH]c3C2)C1. The van der Waals surface area contributed by atoms with Gasteiger partial charge in [0.2, 0.25) is 0 Å². The van der Waals surface area contributed by atoms with E-state index < -0.39 is 11.9 Å². The minimum absolute atomic E-state index is 0.0932. The van der Waals surface area contributed by atoms with E-state index in [-0.39, 0.29) is 12.1 Å². The predicted octanol–water partition coefficient (Wildman–Crippen LogP) is 0.773. The second-order valence-electron chi connectivity index (χ2n) is 5.84. The van der Waals surface area contributed by atoms with Crippen molar-refractivity contribution in [2.24, 2.45) is 5.92 Å². The quantitative estimate of drug-likeness (QED) is 0.750. The van der Waals surface area contributed by atoms with Crippen LogP contribution in [0, 0.1) is 5.92 Å². The molecule has 0 bridgehead atoms. The summed E-state index contributed by atoms with van der Waals surface area (Å²) in [7, 11) is 0. The van der Waals surface area contributed by atoms with E-state index in [1.54, 1.807) is 11.2 Å². The number of urea groups is 1. The lowest BCUT2D eigenvalue weighted by Gasteiger charge is -2.33. The molecule has 1 fully saturated rings. The maximum absolute atomic E-state index is 12.3. The molecule has 1 aromatic rings. The van der Waals surface area contributed by atoms with Crippen molar-refractivity contribution in [1.29, 1.82) is 0 Å². The minimum Gasteiger partial charge on any atom is -0.481 e.